The first-order chi connectivity index (χ1) is 15.1. The minimum absolute atomic E-state index is 0.131. The molecule has 0 aromatic heterocycles. The molecule has 0 aliphatic heterocycles. The molecule has 12 heteroatoms. The molecule has 32 heavy (non-hydrogen) atoms. The number of aryl methyl sites for hydroxylation is 1. The fraction of sp³-hybridized carbons (Fsp3) is 0.350. The van der Waals surface area contributed by atoms with Crippen LogP contribution in [0.3, 0.4) is 0 Å². The molecule has 0 heterocycles. The highest BCUT2D eigenvalue weighted by Gasteiger charge is 2.61. The molecule has 0 radical (unpaired) electrons. The van der Waals surface area contributed by atoms with E-state index in [4.69, 9.17) is 4.74 Å². The molecule has 168 valence electrons. The lowest BCUT2D eigenvalue weighted by molar-refractivity contribution is -0.481. The van der Waals surface area contributed by atoms with Gasteiger partial charge in [-0.1, -0.05) is 35.6 Å². The molecule has 0 amide bonds. The Morgan fingerprint density at radius 2 is 1.91 bits per heavy atom. The summed E-state index contributed by atoms with van der Waals surface area (Å²) in [6.07, 6.45) is 0.251. The van der Waals surface area contributed by atoms with Gasteiger partial charge >= 0.3 is 11.5 Å². The van der Waals surface area contributed by atoms with E-state index in [9.17, 15) is 33.8 Å². The predicted molar refractivity (Wildman–Crippen MR) is 109 cm³/mol. The molecule has 11 nitrogen and oxygen atoms in total. The van der Waals surface area contributed by atoms with Crippen molar-refractivity contribution in [3.8, 4) is 0 Å². The first-order valence-electron chi connectivity index (χ1n) is 9.67. The van der Waals surface area contributed by atoms with Crippen molar-refractivity contribution in [3.05, 3.63) is 79.5 Å². The SMILES string of the molecule is CCOC(=O)C1([N+]#N)CCCc2ccccc2C1([O-])[N-]S(=O)(=O)c1ccc([N+](=O)[O-])cc1. The number of hydrogen-bond donors (Lipinski definition) is 0. The van der Waals surface area contributed by atoms with Crippen molar-refractivity contribution in [2.45, 2.75) is 42.3 Å². The zero-order valence-corrected chi connectivity index (χ0v) is 17.8. The Hall–Kier alpha value is -3.40. The van der Waals surface area contributed by atoms with Crippen LogP contribution in [0.1, 0.15) is 30.9 Å². The van der Waals surface area contributed by atoms with Crippen LogP contribution in [0.15, 0.2) is 53.4 Å². The van der Waals surface area contributed by atoms with Crippen LogP contribution in [0.25, 0.3) is 9.70 Å². The maximum absolute atomic E-state index is 14.3. The Labute approximate surface area is 183 Å². The van der Waals surface area contributed by atoms with Gasteiger partial charge in [-0.3, -0.25) is 10.1 Å². The van der Waals surface area contributed by atoms with Crippen LogP contribution in [0.5, 0.6) is 0 Å². The second-order valence-corrected chi connectivity index (χ2v) is 8.76. The summed E-state index contributed by atoms with van der Waals surface area (Å²) < 4.78 is 34.7. The molecule has 1 aliphatic carbocycles. The number of nitro benzene ring substituents is 1. The molecule has 2 aromatic carbocycles. The monoisotopic (exact) mass is 459 g/mol. The Balaban J connectivity index is 2.20. The van der Waals surface area contributed by atoms with Gasteiger partial charge in [0.05, 0.1) is 11.5 Å². The maximum atomic E-state index is 14.3. The number of rotatable bonds is 6. The van der Waals surface area contributed by atoms with Gasteiger partial charge in [0.25, 0.3) is 5.69 Å². The van der Waals surface area contributed by atoms with Gasteiger partial charge in [0, 0.05) is 23.4 Å². The van der Waals surface area contributed by atoms with Crippen molar-refractivity contribution in [2.75, 3.05) is 6.61 Å². The molecule has 3 rings (SSSR count). The van der Waals surface area contributed by atoms with Crippen LogP contribution < -0.4 is 5.11 Å². The van der Waals surface area contributed by atoms with Gasteiger partial charge in [-0.15, -0.1) is 0 Å². The molecule has 0 saturated carbocycles. The Kier molecular flexibility index (Phi) is 6.27. The van der Waals surface area contributed by atoms with Crippen molar-refractivity contribution in [2.24, 2.45) is 0 Å². The van der Waals surface area contributed by atoms with E-state index >= 15 is 0 Å². The van der Waals surface area contributed by atoms with Crippen molar-refractivity contribution in [1.82, 2.24) is 0 Å². The Morgan fingerprint density at radius 3 is 2.50 bits per heavy atom. The average Bonchev–Trinajstić information content (AvgIpc) is 2.88. The number of carbonyl (C=O) groups is 1. The van der Waals surface area contributed by atoms with Crippen molar-refractivity contribution in [1.29, 1.82) is 5.39 Å². The number of nitrogens with zero attached hydrogens (tertiary/aromatic N) is 4. The van der Waals surface area contributed by atoms with E-state index in [1.165, 1.54) is 19.1 Å². The van der Waals surface area contributed by atoms with Crippen LogP contribution in [0.4, 0.5) is 5.69 Å². The molecule has 2 unspecified atom stereocenters. The lowest BCUT2D eigenvalue weighted by Gasteiger charge is -2.54. The third-order valence-electron chi connectivity index (χ3n) is 5.31. The highest BCUT2D eigenvalue weighted by Crippen LogP contribution is 2.48. The van der Waals surface area contributed by atoms with E-state index < -0.39 is 37.1 Å². The molecular formula is C20H19N4O7S-. The van der Waals surface area contributed by atoms with Gasteiger partial charge in [0.2, 0.25) is 5.39 Å². The number of hydrogen-bond acceptors (Lipinski definition) is 8. The van der Waals surface area contributed by atoms with E-state index in [1.807, 2.05) is 0 Å². The van der Waals surface area contributed by atoms with Gasteiger partial charge in [0.15, 0.2) is 0 Å². The third-order valence-corrected chi connectivity index (χ3v) is 6.67. The summed E-state index contributed by atoms with van der Waals surface area (Å²) in [7, 11) is -4.74. The van der Waals surface area contributed by atoms with Gasteiger partial charge in [-0.05, 0) is 37.5 Å². The number of esters is 1. The molecule has 0 fully saturated rings. The number of ether oxygens (including phenoxy) is 1. The largest absolute Gasteiger partial charge is 0.856 e. The van der Waals surface area contributed by atoms with Crippen LogP contribution in [-0.2, 0) is 31.7 Å². The quantitative estimate of drug-likeness (QED) is 0.208. The van der Waals surface area contributed by atoms with E-state index in [-0.39, 0.29) is 30.7 Å². The second kappa shape index (κ2) is 8.62. The average molecular weight is 459 g/mol. The summed E-state index contributed by atoms with van der Waals surface area (Å²) in [4.78, 5) is 25.6. The van der Waals surface area contributed by atoms with Crippen molar-refractivity contribution in [3.63, 3.8) is 0 Å². The summed E-state index contributed by atoms with van der Waals surface area (Å²) in [6.45, 7) is 1.35. The fourth-order valence-electron chi connectivity index (χ4n) is 3.73. The standard InChI is InChI=1S/C20H19N4O7S/c1-2-31-18(25)19(22-21)13-5-7-14-6-3-4-8-17(14)20(19,26)23-32(29,30)16-11-9-15(10-12-16)24(27)28/h3-4,6,8-12H,2,5,7,13H2,1H3/q-1. The molecular weight excluding hydrogens is 440 g/mol. The number of carbonyl (C=O) groups excluding carboxylic acids is 1. The van der Waals surface area contributed by atoms with Gasteiger partial charge in [-0.2, -0.15) is 0 Å². The lowest BCUT2D eigenvalue weighted by Crippen LogP contribution is -2.62. The van der Waals surface area contributed by atoms with Gasteiger partial charge < -0.3 is 14.6 Å². The number of benzene rings is 2. The molecule has 2 atom stereocenters. The molecule has 0 N–H and O–H groups in total. The summed E-state index contributed by atoms with van der Waals surface area (Å²) in [5.74, 6) is -1.20. The number of fused-ring (bicyclic) bond motifs is 1. The maximum Gasteiger partial charge on any atom is 0.399 e. The second-order valence-electron chi connectivity index (χ2n) is 7.15. The molecule has 0 spiro atoms. The van der Waals surface area contributed by atoms with Crippen molar-refractivity contribution < 1.29 is 28.0 Å². The summed E-state index contributed by atoms with van der Waals surface area (Å²) in [6, 6.07) is 9.86. The summed E-state index contributed by atoms with van der Waals surface area (Å²) in [5.41, 5.74) is -5.66. The Morgan fingerprint density at radius 1 is 1.25 bits per heavy atom. The molecule has 1 aliphatic rings. The normalized spacial score (nSPS) is 22.8. The number of nitro groups is 1. The number of diazo groups is 1. The predicted octanol–water partition coefficient (Wildman–Crippen LogP) is 2.36. The smallest absolute Gasteiger partial charge is 0.399 e. The lowest BCUT2D eigenvalue weighted by atomic mass is 9.80. The van der Waals surface area contributed by atoms with Crippen molar-refractivity contribution >= 4 is 21.7 Å². The van der Waals surface area contributed by atoms with E-state index in [2.05, 4.69) is 9.70 Å². The van der Waals surface area contributed by atoms with Crippen LogP contribution in [0, 0.1) is 15.5 Å². The molecule has 0 saturated heterocycles. The zero-order valence-electron chi connectivity index (χ0n) is 17.0. The van der Waals surface area contributed by atoms with Crippen LogP contribution in [0.2, 0.25) is 0 Å². The highest BCUT2D eigenvalue weighted by molar-refractivity contribution is 7.94. The first-order valence-corrected chi connectivity index (χ1v) is 11.1. The van der Waals surface area contributed by atoms with E-state index in [0.29, 0.717) is 12.0 Å². The first kappa shape index (κ1) is 23.3. The number of non-ortho nitro benzene ring substituents is 1. The van der Waals surface area contributed by atoms with E-state index in [1.54, 1.807) is 12.1 Å². The minimum atomic E-state index is -4.74. The fourth-order valence-corrected chi connectivity index (χ4v) is 4.91. The zero-order chi connectivity index (χ0) is 23.6. The van der Waals surface area contributed by atoms with Crippen LogP contribution >= 0.6 is 0 Å². The van der Waals surface area contributed by atoms with E-state index in [0.717, 1.165) is 24.3 Å². The van der Waals surface area contributed by atoms with Gasteiger partial charge in [-0.25, -0.2) is 13.2 Å². The summed E-state index contributed by atoms with van der Waals surface area (Å²) >= 11 is 0. The summed E-state index contributed by atoms with van der Waals surface area (Å²) in [5, 5.41) is 35.1. The third kappa shape index (κ3) is 3.81. The molecule has 0 bridgehead atoms. The Bertz CT molecular complexity index is 1190. The molecule has 2 aromatic rings. The topological polar surface area (TPSA) is 169 Å². The van der Waals surface area contributed by atoms with Crippen LogP contribution in [-0.4, -0.2) is 31.5 Å². The highest BCUT2D eigenvalue weighted by atomic mass is 32.2. The minimum Gasteiger partial charge on any atom is -0.856 e. The number of sulfonamides is 1. The van der Waals surface area contributed by atoms with Gasteiger partial charge in [0.1, 0.15) is 15.0 Å².